The van der Waals surface area contributed by atoms with E-state index in [1.54, 1.807) is 37.6 Å². The van der Waals surface area contributed by atoms with Crippen LogP contribution in [-0.2, 0) is 46.4 Å². The summed E-state index contributed by atoms with van der Waals surface area (Å²) in [5.74, 6) is -2.04. The van der Waals surface area contributed by atoms with Crippen LogP contribution >= 0.6 is 11.3 Å². The predicted molar refractivity (Wildman–Crippen MR) is 210 cm³/mol. The van der Waals surface area contributed by atoms with E-state index in [1.165, 1.54) is 4.90 Å². The van der Waals surface area contributed by atoms with Crippen molar-refractivity contribution in [1.82, 2.24) is 25.8 Å². The molecule has 1 aliphatic rings. The Hall–Kier alpha value is -4.90. The molecule has 4 N–H and O–H groups in total. The number of nitrogens with zero attached hydrogens (tertiary/aromatic N) is 5. The van der Waals surface area contributed by atoms with Crippen molar-refractivity contribution in [3.8, 4) is 10.4 Å². The molecule has 4 amide bonds. The molecule has 0 spiro atoms. The molecule has 0 radical (unpaired) electrons. The lowest BCUT2D eigenvalue weighted by atomic mass is 9.85. The number of thiazole rings is 1. The number of carbonyl (C=O) groups is 4. The molecule has 16 nitrogen and oxygen atoms in total. The highest BCUT2D eigenvalue weighted by Crippen LogP contribution is 2.28. The minimum Gasteiger partial charge on any atom is -0.391 e. The SMILES string of the molecule is Cc1ncsc1-c1ccc(CNC(=O)[C@@H]2C[C@@H](O)CN2C(=O)[C@@H](NC(=O)[C@H](Cc2ccccc2)NC(=O)COCCOCCOCCN=[N+]=[N-])C(C)(C)C)cc1. The lowest BCUT2D eigenvalue weighted by Crippen LogP contribution is -2.60. The van der Waals surface area contributed by atoms with Crippen molar-refractivity contribution >= 4 is 35.0 Å². The van der Waals surface area contributed by atoms with Crippen LogP contribution < -0.4 is 16.0 Å². The van der Waals surface area contributed by atoms with Crippen molar-refractivity contribution < 1.29 is 38.5 Å². The third kappa shape index (κ3) is 13.7. The summed E-state index contributed by atoms with van der Waals surface area (Å²) in [6.07, 6.45) is -0.729. The summed E-state index contributed by atoms with van der Waals surface area (Å²) in [4.78, 5) is 64.1. The zero-order valence-corrected chi connectivity index (χ0v) is 33.1. The molecular formula is C39H52N8O8S. The van der Waals surface area contributed by atoms with Gasteiger partial charge in [-0.1, -0.05) is 80.5 Å². The van der Waals surface area contributed by atoms with E-state index in [2.05, 4.69) is 31.0 Å². The molecule has 1 aromatic heterocycles. The fourth-order valence-corrected chi connectivity index (χ4v) is 6.88. The molecule has 1 saturated heterocycles. The average molecular weight is 793 g/mol. The number of β-amino-alcohol motifs (C(OH)–C–C–N with tert-alkyl or cyclic N) is 1. The highest BCUT2D eigenvalue weighted by Gasteiger charge is 2.45. The van der Waals surface area contributed by atoms with E-state index in [-0.39, 0.29) is 58.9 Å². The number of likely N-dealkylation sites (tertiary alicyclic amines) is 1. The van der Waals surface area contributed by atoms with Crippen LogP contribution in [0.3, 0.4) is 0 Å². The number of aromatic nitrogens is 1. The molecule has 1 fully saturated rings. The first-order valence-electron chi connectivity index (χ1n) is 18.5. The zero-order valence-electron chi connectivity index (χ0n) is 32.3. The summed E-state index contributed by atoms with van der Waals surface area (Å²) in [6, 6.07) is 13.9. The van der Waals surface area contributed by atoms with E-state index in [4.69, 9.17) is 19.7 Å². The van der Waals surface area contributed by atoms with Gasteiger partial charge in [-0.3, -0.25) is 19.2 Å². The molecule has 4 atom stereocenters. The van der Waals surface area contributed by atoms with Gasteiger partial charge in [0, 0.05) is 37.4 Å². The first kappa shape index (κ1) is 43.8. The van der Waals surface area contributed by atoms with E-state index in [0.29, 0.717) is 13.2 Å². The third-order valence-electron chi connectivity index (χ3n) is 9.00. The monoisotopic (exact) mass is 792 g/mol. The number of azide groups is 1. The summed E-state index contributed by atoms with van der Waals surface area (Å²) >= 11 is 1.56. The van der Waals surface area contributed by atoms with E-state index in [1.807, 2.05) is 61.5 Å². The number of hydrogen-bond donors (Lipinski definition) is 4. The number of benzene rings is 2. The molecule has 2 heterocycles. The van der Waals surface area contributed by atoms with E-state index < -0.39 is 53.3 Å². The van der Waals surface area contributed by atoms with Crippen LogP contribution in [0.1, 0.15) is 44.0 Å². The average Bonchev–Trinajstić information content (AvgIpc) is 3.79. The highest BCUT2D eigenvalue weighted by molar-refractivity contribution is 7.13. The first-order chi connectivity index (χ1) is 26.9. The molecular weight excluding hydrogens is 741 g/mol. The minimum atomic E-state index is -1.09. The number of carbonyl (C=O) groups excluding carboxylic acids is 4. The van der Waals surface area contributed by atoms with Gasteiger partial charge in [0.25, 0.3) is 0 Å². The molecule has 0 aliphatic carbocycles. The van der Waals surface area contributed by atoms with Crippen molar-refractivity contribution in [1.29, 1.82) is 0 Å². The molecule has 302 valence electrons. The molecule has 4 rings (SSSR count). The Morgan fingerprint density at radius 1 is 0.982 bits per heavy atom. The number of aliphatic hydroxyl groups is 1. The number of hydrogen-bond acceptors (Lipinski definition) is 11. The number of ether oxygens (including phenoxy) is 3. The molecule has 56 heavy (non-hydrogen) atoms. The van der Waals surface area contributed by atoms with Crippen LogP contribution in [0.4, 0.5) is 0 Å². The fourth-order valence-electron chi connectivity index (χ4n) is 6.07. The van der Waals surface area contributed by atoms with Gasteiger partial charge in [-0.25, -0.2) is 4.98 Å². The normalized spacial score (nSPS) is 16.4. The summed E-state index contributed by atoms with van der Waals surface area (Å²) in [7, 11) is 0. The maximum absolute atomic E-state index is 14.2. The van der Waals surface area contributed by atoms with Gasteiger partial charge in [-0.15, -0.1) is 11.3 Å². The number of nitrogens with one attached hydrogen (secondary N) is 3. The number of amides is 4. The van der Waals surface area contributed by atoms with Gasteiger partial charge in [0.2, 0.25) is 23.6 Å². The molecule has 0 saturated carbocycles. The summed E-state index contributed by atoms with van der Waals surface area (Å²) in [6.45, 7) is 8.63. The summed E-state index contributed by atoms with van der Waals surface area (Å²) in [5.41, 5.74) is 12.9. The van der Waals surface area contributed by atoms with Gasteiger partial charge in [-0.05, 0) is 34.6 Å². The second-order valence-corrected chi connectivity index (χ2v) is 15.3. The second-order valence-electron chi connectivity index (χ2n) is 14.4. The standard InChI is InChI=1S/C39H52N8O8S/c1-26-34(56-25-42-26)29-12-10-28(11-13-29)22-41-37(51)32-21-30(48)23-47(32)38(52)35(39(2,3)4)45-36(50)31(20-27-8-6-5-7-9-27)44-33(49)24-55-19-18-54-17-16-53-15-14-43-46-40/h5-13,25,30-32,35,48H,14-24H2,1-4H3,(H,41,51)(H,44,49)(H,45,50)/t30-,31+,32+,35-/m1/s1. The lowest BCUT2D eigenvalue weighted by Gasteiger charge is -2.36. The van der Waals surface area contributed by atoms with Crippen molar-refractivity contribution in [2.45, 2.75) is 71.3 Å². The highest BCUT2D eigenvalue weighted by atomic mass is 32.1. The Morgan fingerprint density at radius 3 is 2.30 bits per heavy atom. The van der Waals surface area contributed by atoms with Gasteiger partial charge in [0.15, 0.2) is 0 Å². The molecule has 17 heteroatoms. The van der Waals surface area contributed by atoms with Crippen LogP contribution in [-0.4, -0.2) is 116 Å². The van der Waals surface area contributed by atoms with Crippen LogP contribution in [0.2, 0.25) is 0 Å². The largest absolute Gasteiger partial charge is 0.391 e. The molecule has 0 unspecified atom stereocenters. The van der Waals surface area contributed by atoms with Crippen molar-refractivity contribution in [3.05, 3.63) is 87.4 Å². The van der Waals surface area contributed by atoms with Crippen LogP contribution in [0.15, 0.2) is 65.2 Å². The maximum atomic E-state index is 14.2. The third-order valence-corrected chi connectivity index (χ3v) is 9.98. The number of rotatable bonds is 21. The molecule has 2 aromatic carbocycles. The first-order valence-corrected chi connectivity index (χ1v) is 19.4. The summed E-state index contributed by atoms with van der Waals surface area (Å²) in [5, 5.41) is 22.5. The van der Waals surface area contributed by atoms with Gasteiger partial charge < -0.3 is 40.2 Å². The lowest BCUT2D eigenvalue weighted by molar-refractivity contribution is -0.144. The quantitative estimate of drug-likeness (QED) is 0.0538. The van der Waals surface area contributed by atoms with E-state index in [0.717, 1.165) is 27.3 Å². The van der Waals surface area contributed by atoms with Crippen molar-refractivity contribution in [2.24, 2.45) is 10.5 Å². The Balaban J connectivity index is 1.35. The molecule has 1 aliphatic heterocycles. The van der Waals surface area contributed by atoms with Crippen molar-refractivity contribution in [2.75, 3.05) is 52.7 Å². The van der Waals surface area contributed by atoms with Gasteiger partial charge in [0.1, 0.15) is 24.7 Å². The molecule has 3 aromatic rings. The predicted octanol–water partition coefficient (Wildman–Crippen LogP) is 3.32. The second kappa shape index (κ2) is 22.0. The Bertz CT molecular complexity index is 1780. The Labute approximate surface area is 330 Å². The molecule has 0 bridgehead atoms. The Morgan fingerprint density at radius 2 is 1.66 bits per heavy atom. The number of aliphatic hydroxyl groups excluding tert-OH is 1. The van der Waals surface area contributed by atoms with E-state index in [9.17, 15) is 24.3 Å². The van der Waals surface area contributed by atoms with Gasteiger partial charge >= 0.3 is 0 Å². The summed E-state index contributed by atoms with van der Waals surface area (Å²) < 4.78 is 16.1. The topological polar surface area (TPSA) is 217 Å². The maximum Gasteiger partial charge on any atom is 0.246 e. The van der Waals surface area contributed by atoms with Crippen LogP contribution in [0, 0.1) is 12.3 Å². The minimum absolute atomic E-state index is 0.0519. The van der Waals surface area contributed by atoms with Crippen LogP contribution in [0.5, 0.6) is 0 Å². The fraction of sp³-hybridized carbons (Fsp3) is 0.513. The Kier molecular flexibility index (Phi) is 17.2. The van der Waals surface area contributed by atoms with Gasteiger partial charge in [-0.2, -0.15) is 0 Å². The zero-order chi connectivity index (χ0) is 40.5. The van der Waals surface area contributed by atoms with E-state index >= 15 is 0 Å². The van der Waals surface area contributed by atoms with Gasteiger partial charge in [0.05, 0.1) is 55.2 Å². The van der Waals surface area contributed by atoms with Crippen molar-refractivity contribution in [3.63, 3.8) is 0 Å². The smallest absolute Gasteiger partial charge is 0.246 e. The van der Waals surface area contributed by atoms with Crippen LogP contribution in [0.25, 0.3) is 20.9 Å². The number of aryl methyl sites for hydroxylation is 1.